The molecule has 0 aliphatic rings. The minimum absolute atomic E-state index is 0.190. The lowest BCUT2D eigenvalue weighted by Crippen LogP contribution is -2.29. The number of carbonyl (C=O) groups is 1. The van der Waals surface area contributed by atoms with Gasteiger partial charge in [0.05, 0.1) is 4.47 Å². The van der Waals surface area contributed by atoms with Gasteiger partial charge in [-0.25, -0.2) is 0 Å². The summed E-state index contributed by atoms with van der Waals surface area (Å²) in [5.74, 6) is -0.369. The van der Waals surface area contributed by atoms with Crippen molar-refractivity contribution in [3.63, 3.8) is 0 Å². The van der Waals surface area contributed by atoms with Gasteiger partial charge in [-0.1, -0.05) is 55.5 Å². The number of anilines is 1. The van der Waals surface area contributed by atoms with Crippen LogP contribution in [-0.2, 0) is 19.4 Å². The highest BCUT2D eigenvalue weighted by Gasteiger charge is 2.23. The number of aryl methyl sites for hydroxylation is 3. The molecule has 156 valence electrons. The number of hydrogen-bond donors (Lipinski definition) is 1. The van der Waals surface area contributed by atoms with Gasteiger partial charge in [-0.05, 0) is 66.2 Å². The topological polar surface area (TPSA) is 51.1 Å². The van der Waals surface area contributed by atoms with Crippen LogP contribution in [0.25, 0.3) is 0 Å². The quantitative estimate of drug-likeness (QED) is 0.514. The SMILES string of the molecule is CCc1c(Br)c(=O)c(C(=O)Nc2c(C)cccc2C)c(C)n1CCc1ccccc1. The minimum Gasteiger partial charge on any atom is -0.346 e. The number of aromatic nitrogens is 1. The van der Waals surface area contributed by atoms with E-state index < -0.39 is 0 Å². The van der Waals surface area contributed by atoms with E-state index in [1.807, 2.05) is 64.1 Å². The normalized spacial score (nSPS) is 10.8. The molecule has 1 N–H and O–H groups in total. The molecule has 30 heavy (non-hydrogen) atoms. The Kier molecular flexibility index (Phi) is 6.93. The third kappa shape index (κ3) is 4.41. The number of para-hydroxylation sites is 1. The second-order valence-electron chi connectivity index (χ2n) is 7.51. The van der Waals surface area contributed by atoms with Crippen LogP contribution in [0, 0.1) is 20.8 Å². The summed E-state index contributed by atoms with van der Waals surface area (Å²) in [6.07, 6.45) is 1.52. The molecule has 0 unspecified atom stereocenters. The third-order valence-corrected chi connectivity index (χ3v) is 6.34. The van der Waals surface area contributed by atoms with Gasteiger partial charge in [0.15, 0.2) is 0 Å². The Balaban J connectivity index is 2.03. The van der Waals surface area contributed by atoms with E-state index in [1.54, 1.807) is 0 Å². The average molecular weight is 467 g/mol. The zero-order valence-corrected chi connectivity index (χ0v) is 19.5. The first-order chi connectivity index (χ1) is 14.3. The van der Waals surface area contributed by atoms with Gasteiger partial charge in [0.25, 0.3) is 5.91 Å². The first kappa shape index (κ1) is 22.0. The molecule has 1 heterocycles. The summed E-state index contributed by atoms with van der Waals surface area (Å²) in [7, 11) is 0. The maximum absolute atomic E-state index is 13.2. The van der Waals surface area contributed by atoms with E-state index in [2.05, 4.69) is 37.9 Å². The molecule has 0 saturated carbocycles. The van der Waals surface area contributed by atoms with Crippen LogP contribution >= 0.6 is 15.9 Å². The van der Waals surface area contributed by atoms with Crippen LogP contribution in [0.1, 0.15) is 45.4 Å². The molecule has 5 heteroatoms. The highest BCUT2D eigenvalue weighted by Crippen LogP contribution is 2.23. The van der Waals surface area contributed by atoms with Crippen molar-refractivity contribution < 1.29 is 4.79 Å². The first-order valence-electron chi connectivity index (χ1n) is 10.2. The van der Waals surface area contributed by atoms with Crippen LogP contribution in [0.3, 0.4) is 0 Å². The number of halogens is 1. The Morgan fingerprint density at radius 3 is 2.23 bits per heavy atom. The van der Waals surface area contributed by atoms with E-state index in [1.165, 1.54) is 5.56 Å². The molecule has 0 radical (unpaired) electrons. The molecule has 0 atom stereocenters. The lowest BCUT2D eigenvalue weighted by atomic mass is 10.1. The standard InChI is InChI=1S/C25H27BrN2O2/c1-5-20-22(26)24(29)21(25(30)27-23-16(2)10-9-11-17(23)3)18(4)28(20)15-14-19-12-7-6-8-13-19/h6-13H,5,14-15H2,1-4H3,(H,27,30). The lowest BCUT2D eigenvalue weighted by molar-refractivity contribution is 0.102. The molecule has 3 rings (SSSR count). The molecule has 0 fully saturated rings. The van der Waals surface area contributed by atoms with Gasteiger partial charge >= 0.3 is 0 Å². The second kappa shape index (κ2) is 9.43. The molecule has 4 nitrogen and oxygen atoms in total. The second-order valence-corrected chi connectivity index (χ2v) is 8.30. The fourth-order valence-electron chi connectivity index (χ4n) is 3.85. The Bertz CT molecular complexity index is 1110. The van der Waals surface area contributed by atoms with E-state index in [0.717, 1.165) is 28.9 Å². The summed E-state index contributed by atoms with van der Waals surface area (Å²) in [5.41, 5.74) is 5.45. The monoisotopic (exact) mass is 466 g/mol. The molecule has 0 bridgehead atoms. The molecule has 0 spiro atoms. The van der Waals surface area contributed by atoms with Crippen LogP contribution in [-0.4, -0.2) is 10.5 Å². The predicted octanol–water partition coefficient (Wildman–Crippen LogP) is 5.59. The van der Waals surface area contributed by atoms with E-state index in [9.17, 15) is 9.59 Å². The summed E-state index contributed by atoms with van der Waals surface area (Å²) in [4.78, 5) is 26.3. The Labute approximate surface area is 186 Å². The van der Waals surface area contributed by atoms with Gasteiger partial charge in [-0.15, -0.1) is 0 Å². The summed E-state index contributed by atoms with van der Waals surface area (Å²) in [6.45, 7) is 8.47. The van der Waals surface area contributed by atoms with Gasteiger partial charge in [0, 0.05) is 23.6 Å². The van der Waals surface area contributed by atoms with Crippen molar-refractivity contribution in [3.05, 3.63) is 96.9 Å². The molecule has 2 aromatic carbocycles. The molecule has 1 amide bonds. The number of benzene rings is 2. The van der Waals surface area contributed by atoms with E-state index in [-0.39, 0.29) is 16.9 Å². The fourth-order valence-corrected chi connectivity index (χ4v) is 4.54. The lowest BCUT2D eigenvalue weighted by Gasteiger charge is -2.21. The van der Waals surface area contributed by atoms with E-state index >= 15 is 0 Å². The van der Waals surface area contributed by atoms with Crippen LogP contribution < -0.4 is 10.7 Å². The number of pyridine rings is 1. The van der Waals surface area contributed by atoms with Gasteiger partial charge in [-0.3, -0.25) is 9.59 Å². The summed E-state index contributed by atoms with van der Waals surface area (Å²) in [6, 6.07) is 16.1. The highest BCUT2D eigenvalue weighted by atomic mass is 79.9. The maximum Gasteiger partial charge on any atom is 0.261 e. The molecule has 0 aliphatic carbocycles. The van der Waals surface area contributed by atoms with Gasteiger partial charge in [0.1, 0.15) is 5.56 Å². The average Bonchev–Trinajstić information content (AvgIpc) is 2.73. The summed E-state index contributed by atoms with van der Waals surface area (Å²) >= 11 is 3.47. The van der Waals surface area contributed by atoms with Crippen LogP contribution in [0.4, 0.5) is 5.69 Å². The number of hydrogen-bond acceptors (Lipinski definition) is 2. The van der Waals surface area contributed by atoms with Crippen LogP contribution in [0.15, 0.2) is 57.8 Å². The van der Waals surface area contributed by atoms with E-state index in [0.29, 0.717) is 23.1 Å². The zero-order chi connectivity index (χ0) is 21.8. The first-order valence-corrected chi connectivity index (χ1v) is 11.0. The zero-order valence-electron chi connectivity index (χ0n) is 17.9. The number of carbonyl (C=O) groups excluding carboxylic acids is 1. The fraction of sp³-hybridized carbons (Fsp3) is 0.280. The van der Waals surface area contributed by atoms with Gasteiger partial charge in [0.2, 0.25) is 5.43 Å². The molecular weight excluding hydrogens is 440 g/mol. The van der Waals surface area contributed by atoms with Crippen molar-refractivity contribution >= 4 is 27.5 Å². The Hall–Kier alpha value is -2.66. The van der Waals surface area contributed by atoms with Gasteiger partial charge < -0.3 is 9.88 Å². The number of nitrogens with one attached hydrogen (secondary N) is 1. The molecule has 3 aromatic rings. The highest BCUT2D eigenvalue weighted by molar-refractivity contribution is 9.10. The van der Waals surface area contributed by atoms with Gasteiger partial charge in [-0.2, -0.15) is 0 Å². The van der Waals surface area contributed by atoms with Crippen molar-refractivity contribution in [1.82, 2.24) is 4.57 Å². The number of nitrogens with zero attached hydrogens (tertiary/aromatic N) is 1. The van der Waals surface area contributed by atoms with Crippen LogP contribution in [0.5, 0.6) is 0 Å². The third-order valence-electron chi connectivity index (χ3n) is 5.52. The van der Waals surface area contributed by atoms with Crippen molar-refractivity contribution in [2.45, 2.75) is 47.1 Å². The number of rotatable bonds is 6. The maximum atomic E-state index is 13.2. The van der Waals surface area contributed by atoms with Crippen molar-refractivity contribution in [1.29, 1.82) is 0 Å². The minimum atomic E-state index is -0.369. The molecular formula is C25H27BrN2O2. The Morgan fingerprint density at radius 2 is 1.63 bits per heavy atom. The largest absolute Gasteiger partial charge is 0.346 e. The predicted molar refractivity (Wildman–Crippen MR) is 127 cm³/mol. The molecule has 1 aromatic heterocycles. The van der Waals surface area contributed by atoms with E-state index in [4.69, 9.17) is 0 Å². The smallest absolute Gasteiger partial charge is 0.261 e. The summed E-state index contributed by atoms with van der Waals surface area (Å²) in [5, 5.41) is 2.97. The van der Waals surface area contributed by atoms with Crippen LogP contribution in [0.2, 0.25) is 0 Å². The summed E-state index contributed by atoms with van der Waals surface area (Å²) < 4.78 is 2.56. The van der Waals surface area contributed by atoms with Crippen molar-refractivity contribution in [3.8, 4) is 0 Å². The molecule has 0 aliphatic heterocycles. The Morgan fingerprint density at radius 1 is 1.00 bits per heavy atom. The van der Waals surface area contributed by atoms with Crippen molar-refractivity contribution in [2.75, 3.05) is 5.32 Å². The molecule has 0 saturated heterocycles. The number of amides is 1. The van der Waals surface area contributed by atoms with Crippen molar-refractivity contribution in [2.24, 2.45) is 0 Å².